The zero-order valence-electron chi connectivity index (χ0n) is 11.7. The smallest absolute Gasteiger partial charge is 0.217 e. The molecule has 2 rings (SSSR count). The Morgan fingerprint density at radius 1 is 1.16 bits per heavy atom. The number of carbonyl (C=O) groups excluding carboxylic acids is 1. The highest BCUT2D eigenvalue weighted by Crippen LogP contribution is 2.18. The largest absolute Gasteiger partial charge is 0.352 e. The molecule has 0 unspecified atom stereocenters. The van der Waals surface area contributed by atoms with Gasteiger partial charge in [0.25, 0.3) is 0 Å². The van der Waals surface area contributed by atoms with E-state index in [9.17, 15) is 4.79 Å². The second kappa shape index (κ2) is 7.29. The van der Waals surface area contributed by atoms with Crippen LogP contribution in [0.25, 0.3) is 0 Å². The number of hydrogen-bond donors (Lipinski definition) is 2. The lowest BCUT2D eigenvalue weighted by molar-refractivity contribution is -0.120. The number of benzene rings is 1. The van der Waals surface area contributed by atoms with Gasteiger partial charge < -0.3 is 10.6 Å². The third-order valence-corrected chi connectivity index (χ3v) is 3.82. The summed E-state index contributed by atoms with van der Waals surface area (Å²) in [5, 5.41) is 6.69. The van der Waals surface area contributed by atoms with Crippen LogP contribution >= 0.6 is 0 Å². The van der Waals surface area contributed by atoms with Gasteiger partial charge in [-0.2, -0.15) is 0 Å². The SMILES string of the molecule is CC(=O)N[C@H]1CCCC[C@@H]1NCCc1ccccc1. The lowest BCUT2D eigenvalue weighted by Crippen LogP contribution is -2.51. The van der Waals surface area contributed by atoms with Gasteiger partial charge >= 0.3 is 0 Å². The molecule has 3 heteroatoms. The van der Waals surface area contributed by atoms with Crippen molar-refractivity contribution in [3.8, 4) is 0 Å². The van der Waals surface area contributed by atoms with E-state index in [4.69, 9.17) is 0 Å². The Morgan fingerprint density at radius 2 is 1.84 bits per heavy atom. The number of carbonyl (C=O) groups is 1. The van der Waals surface area contributed by atoms with E-state index >= 15 is 0 Å². The van der Waals surface area contributed by atoms with Crippen LogP contribution in [0.2, 0.25) is 0 Å². The van der Waals surface area contributed by atoms with E-state index in [-0.39, 0.29) is 5.91 Å². The van der Waals surface area contributed by atoms with Crippen molar-refractivity contribution in [3.63, 3.8) is 0 Å². The van der Waals surface area contributed by atoms with Crippen molar-refractivity contribution >= 4 is 5.91 Å². The highest BCUT2D eigenvalue weighted by Gasteiger charge is 2.24. The van der Waals surface area contributed by atoms with Crippen molar-refractivity contribution < 1.29 is 4.79 Å². The summed E-state index contributed by atoms with van der Waals surface area (Å²) in [5.41, 5.74) is 1.36. The molecule has 104 valence electrons. The third kappa shape index (κ3) is 4.67. The van der Waals surface area contributed by atoms with Crippen LogP contribution in [0.5, 0.6) is 0 Å². The Bertz CT molecular complexity index is 391. The zero-order chi connectivity index (χ0) is 13.5. The summed E-state index contributed by atoms with van der Waals surface area (Å²) < 4.78 is 0. The molecule has 2 atom stereocenters. The molecule has 1 aromatic rings. The molecule has 1 fully saturated rings. The van der Waals surface area contributed by atoms with Crippen LogP contribution in [0.4, 0.5) is 0 Å². The minimum atomic E-state index is 0.0850. The molecule has 1 aliphatic carbocycles. The predicted molar refractivity (Wildman–Crippen MR) is 78.0 cm³/mol. The van der Waals surface area contributed by atoms with Crippen molar-refractivity contribution in [2.75, 3.05) is 6.54 Å². The summed E-state index contributed by atoms with van der Waals surface area (Å²) in [4.78, 5) is 11.2. The molecule has 0 aliphatic heterocycles. The molecule has 0 heterocycles. The van der Waals surface area contributed by atoms with Gasteiger partial charge in [0.1, 0.15) is 0 Å². The standard InChI is InChI=1S/C16H24N2O/c1-13(19)18-16-10-6-5-9-15(16)17-12-11-14-7-3-2-4-8-14/h2-4,7-8,15-17H,5-6,9-12H2,1H3,(H,18,19)/t15-,16-/m0/s1. The van der Waals surface area contributed by atoms with Crippen molar-refractivity contribution in [1.29, 1.82) is 0 Å². The molecule has 1 aliphatic rings. The summed E-state index contributed by atoms with van der Waals surface area (Å²) in [5.74, 6) is 0.0850. The first-order valence-corrected chi connectivity index (χ1v) is 7.30. The normalized spacial score (nSPS) is 23.0. The number of amides is 1. The van der Waals surface area contributed by atoms with E-state index < -0.39 is 0 Å². The molecule has 2 N–H and O–H groups in total. The average Bonchev–Trinajstić information content (AvgIpc) is 2.41. The fourth-order valence-electron chi connectivity index (χ4n) is 2.86. The number of nitrogens with one attached hydrogen (secondary N) is 2. The Morgan fingerprint density at radius 3 is 2.53 bits per heavy atom. The van der Waals surface area contributed by atoms with Gasteiger partial charge in [-0.3, -0.25) is 4.79 Å². The predicted octanol–water partition coefficient (Wildman–Crippen LogP) is 2.27. The second-order valence-corrected chi connectivity index (χ2v) is 5.39. The van der Waals surface area contributed by atoms with Gasteiger partial charge in [-0.15, -0.1) is 0 Å². The number of hydrogen-bond acceptors (Lipinski definition) is 2. The minimum Gasteiger partial charge on any atom is -0.352 e. The maximum atomic E-state index is 11.2. The minimum absolute atomic E-state index is 0.0850. The van der Waals surface area contributed by atoms with Crippen LogP contribution in [0.3, 0.4) is 0 Å². The number of rotatable bonds is 5. The van der Waals surface area contributed by atoms with Crippen LogP contribution in [-0.2, 0) is 11.2 Å². The first-order chi connectivity index (χ1) is 9.25. The van der Waals surface area contributed by atoms with Crippen molar-refractivity contribution in [2.45, 2.75) is 51.1 Å². The Kier molecular flexibility index (Phi) is 5.40. The fraction of sp³-hybridized carbons (Fsp3) is 0.562. The Hall–Kier alpha value is -1.35. The third-order valence-electron chi connectivity index (χ3n) is 3.82. The lowest BCUT2D eigenvalue weighted by Gasteiger charge is -2.32. The van der Waals surface area contributed by atoms with E-state index in [0.29, 0.717) is 12.1 Å². The van der Waals surface area contributed by atoms with Gasteiger partial charge in [-0.25, -0.2) is 0 Å². The summed E-state index contributed by atoms with van der Waals surface area (Å²) >= 11 is 0. The van der Waals surface area contributed by atoms with Crippen LogP contribution < -0.4 is 10.6 Å². The maximum absolute atomic E-state index is 11.2. The van der Waals surface area contributed by atoms with Crippen LogP contribution in [-0.4, -0.2) is 24.5 Å². The van der Waals surface area contributed by atoms with Gasteiger partial charge in [0.15, 0.2) is 0 Å². The summed E-state index contributed by atoms with van der Waals surface area (Å²) in [7, 11) is 0. The Labute approximate surface area is 115 Å². The molecule has 0 bridgehead atoms. The molecule has 3 nitrogen and oxygen atoms in total. The zero-order valence-corrected chi connectivity index (χ0v) is 11.7. The van der Waals surface area contributed by atoms with E-state index in [1.54, 1.807) is 6.92 Å². The van der Waals surface area contributed by atoms with Crippen molar-refractivity contribution in [1.82, 2.24) is 10.6 Å². The van der Waals surface area contributed by atoms with E-state index in [0.717, 1.165) is 19.4 Å². The van der Waals surface area contributed by atoms with Gasteiger partial charge in [-0.05, 0) is 31.4 Å². The van der Waals surface area contributed by atoms with E-state index in [2.05, 4.69) is 34.9 Å². The molecular weight excluding hydrogens is 236 g/mol. The molecule has 1 aromatic carbocycles. The van der Waals surface area contributed by atoms with Crippen molar-refractivity contribution in [2.24, 2.45) is 0 Å². The quantitative estimate of drug-likeness (QED) is 0.852. The second-order valence-electron chi connectivity index (χ2n) is 5.39. The average molecular weight is 260 g/mol. The molecule has 19 heavy (non-hydrogen) atoms. The van der Waals surface area contributed by atoms with Gasteiger partial charge in [0.05, 0.1) is 0 Å². The molecule has 0 aromatic heterocycles. The first kappa shape index (κ1) is 14.1. The molecule has 0 spiro atoms. The highest BCUT2D eigenvalue weighted by atomic mass is 16.1. The molecule has 1 amide bonds. The van der Waals surface area contributed by atoms with Crippen LogP contribution in [0.1, 0.15) is 38.2 Å². The van der Waals surface area contributed by atoms with Crippen LogP contribution in [0, 0.1) is 0 Å². The molecule has 0 radical (unpaired) electrons. The Balaban J connectivity index is 1.78. The van der Waals surface area contributed by atoms with Gasteiger partial charge in [-0.1, -0.05) is 43.2 Å². The molecular formula is C16H24N2O. The maximum Gasteiger partial charge on any atom is 0.217 e. The van der Waals surface area contributed by atoms with Crippen molar-refractivity contribution in [3.05, 3.63) is 35.9 Å². The summed E-state index contributed by atoms with van der Waals surface area (Å²) in [6.07, 6.45) is 5.80. The van der Waals surface area contributed by atoms with E-state index in [1.165, 1.54) is 24.8 Å². The molecule has 1 saturated carbocycles. The monoisotopic (exact) mass is 260 g/mol. The summed E-state index contributed by atoms with van der Waals surface area (Å²) in [6, 6.07) is 11.3. The summed E-state index contributed by atoms with van der Waals surface area (Å²) in [6.45, 7) is 2.58. The molecule has 0 saturated heterocycles. The first-order valence-electron chi connectivity index (χ1n) is 7.30. The van der Waals surface area contributed by atoms with Gasteiger partial charge in [0, 0.05) is 19.0 Å². The topological polar surface area (TPSA) is 41.1 Å². The highest BCUT2D eigenvalue weighted by molar-refractivity contribution is 5.73. The van der Waals surface area contributed by atoms with Gasteiger partial charge in [0.2, 0.25) is 5.91 Å². The van der Waals surface area contributed by atoms with Crippen LogP contribution in [0.15, 0.2) is 30.3 Å². The van der Waals surface area contributed by atoms with E-state index in [1.807, 2.05) is 6.07 Å². The fourth-order valence-corrected chi connectivity index (χ4v) is 2.86. The lowest BCUT2D eigenvalue weighted by atomic mass is 9.90.